The van der Waals surface area contributed by atoms with E-state index in [1.54, 1.807) is 12.1 Å². The van der Waals surface area contributed by atoms with E-state index in [0.717, 1.165) is 36.8 Å². The topological polar surface area (TPSA) is 83.6 Å². The maximum Gasteiger partial charge on any atom is 0.235 e. The minimum absolute atomic E-state index is 0.162. The molecule has 4 rings (SSSR count). The van der Waals surface area contributed by atoms with Crippen LogP contribution in [0.3, 0.4) is 0 Å². The molecule has 1 aromatic carbocycles. The first kappa shape index (κ1) is 20.6. The summed E-state index contributed by atoms with van der Waals surface area (Å²) >= 11 is 2.81. The molecule has 1 amide bonds. The Labute approximate surface area is 182 Å². The van der Waals surface area contributed by atoms with E-state index in [2.05, 4.69) is 21.6 Å². The van der Waals surface area contributed by atoms with Gasteiger partial charge in [0.15, 0.2) is 11.0 Å². The second-order valence-electron chi connectivity index (χ2n) is 6.92. The molecule has 0 radical (unpaired) electrons. The lowest BCUT2D eigenvalue weighted by atomic mass is 9.96. The van der Waals surface area contributed by atoms with Gasteiger partial charge in [0.05, 0.1) is 11.3 Å². The van der Waals surface area contributed by atoms with Crippen molar-refractivity contribution in [3.63, 3.8) is 0 Å². The van der Waals surface area contributed by atoms with Crippen molar-refractivity contribution in [1.29, 1.82) is 5.26 Å². The number of nitrogens with zero attached hydrogens (tertiary/aromatic N) is 4. The smallest absolute Gasteiger partial charge is 0.235 e. The molecule has 0 saturated heterocycles. The molecule has 2 aromatic heterocycles. The maximum absolute atomic E-state index is 13.2. The molecule has 0 atom stereocenters. The fraction of sp³-hybridized carbons (Fsp3) is 0.333. The molecule has 0 saturated carbocycles. The summed E-state index contributed by atoms with van der Waals surface area (Å²) in [6.07, 6.45) is 4.10. The fourth-order valence-corrected chi connectivity index (χ4v) is 5.62. The van der Waals surface area contributed by atoms with E-state index in [4.69, 9.17) is 0 Å². The van der Waals surface area contributed by atoms with Gasteiger partial charge in [0.2, 0.25) is 5.91 Å². The van der Waals surface area contributed by atoms with Gasteiger partial charge in [0.25, 0.3) is 0 Å². The van der Waals surface area contributed by atoms with Crippen LogP contribution >= 0.6 is 23.1 Å². The molecular formula is C21H20FN5OS2. The predicted octanol–water partition coefficient (Wildman–Crippen LogP) is 4.65. The lowest BCUT2D eigenvalue weighted by molar-refractivity contribution is -0.113. The van der Waals surface area contributed by atoms with Crippen molar-refractivity contribution in [3.05, 3.63) is 46.1 Å². The summed E-state index contributed by atoms with van der Waals surface area (Å²) in [5.41, 5.74) is 2.49. The van der Waals surface area contributed by atoms with Crippen LogP contribution in [-0.2, 0) is 24.2 Å². The van der Waals surface area contributed by atoms with Gasteiger partial charge in [0, 0.05) is 17.0 Å². The zero-order valence-corrected chi connectivity index (χ0v) is 18.1. The number of carbonyl (C=O) groups is 1. The molecule has 9 heteroatoms. The number of rotatable bonds is 6. The first-order valence-corrected chi connectivity index (χ1v) is 11.6. The highest BCUT2D eigenvalue weighted by molar-refractivity contribution is 7.99. The number of amides is 1. The Balaban J connectivity index is 1.45. The SMILES string of the molecule is CCn1c(SCC(=O)Nc2sc3c(c2C#N)CCCC3)nnc1-c1ccc(F)cc1. The van der Waals surface area contributed by atoms with Crippen LogP contribution in [0, 0.1) is 17.1 Å². The Morgan fingerprint density at radius 1 is 1.30 bits per heavy atom. The van der Waals surface area contributed by atoms with Crippen molar-refractivity contribution in [2.75, 3.05) is 11.1 Å². The zero-order chi connectivity index (χ0) is 21.1. The van der Waals surface area contributed by atoms with Gasteiger partial charge < -0.3 is 9.88 Å². The second kappa shape index (κ2) is 8.98. The highest BCUT2D eigenvalue weighted by Crippen LogP contribution is 2.37. The average molecular weight is 442 g/mol. The number of thiophene rings is 1. The lowest BCUT2D eigenvalue weighted by Crippen LogP contribution is -2.14. The number of hydrogen-bond acceptors (Lipinski definition) is 6. The Morgan fingerprint density at radius 3 is 2.80 bits per heavy atom. The summed E-state index contributed by atoms with van der Waals surface area (Å²) in [5.74, 6) is 0.316. The number of thioether (sulfide) groups is 1. The van der Waals surface area contributed by atoms with E-state index >= 15 is 0 Å². The van der Waals surface area contributed by atoms with Crippen molar-refractivity contribution in [3.8, 4) is 17.5 Å². The number of nitriles is 1. The van der Waals surface area contributed by atoms with Gasteiger partial charge in [-0.3, -0.25) is 4.79 Å². The van der Waals surface area contributed by atoms with Gasteiger partial charge in [-0.1, -0.05) is 11.8 Å². The van der Waals surface area contributed by atoms with Crippen molar-refractivity contribution >= 4 is 34.0 Å². The van der Waals surface area contributed by atoms with E-state index in [9.17, 15) is 14.4 Å². The molecule has 1 N–H and O–H groups in total. The number of aromatic nitrogens is 3. The molecule has 0 bridgehead atoms. The summed E-state index contributed by atoms with van der Waals surface area (Å²) in [6, 6.07) is 8.36. The van der Waals surface area contributed by atoms with Crippen molar-refractivity contribution < 1.29 is 9.18 Å². The van der Waals surface area contributed by atoms with Gasteiger partial charge in [0.1, 0.15) is 16.9 Å². The summed E-state index contributed by atoms with van der Waals surface area (Å²) in [7, 11) is 0. The van der Waals surface area contributed by atoms with Gasteiger partial charge >= 0.3 is 0 Å². The molecule has 0 unspecified atom stereocenters. The Hall–Kier alpha value is -2.70. The number of nitrogens with one attached hydrogen (secondary N) is 1. The van der Waals surface area contributed by atoms with Crippen molar-refractivity contribution in [1.82, 2.24) is 14.8 Å². The van der Waals surface area contributed by atoms with Crippen LogP contribution in [0.5, 0.6) is 0 Å². The number of fused-ring (bicyclic) bond motifs is 1. The zero-order valence-electron chi connectivity index (χ0n) is 16.4. The highest BCUT2D eigenvalue weighted by Gasteiger charge is 2.22. The third kappa shape index (κ3) is 4.11. The largest absolute Gasteiger partial charge is 0.316 e. The molecule has 6 nitrogen and oxygen atoms in total. The Kier molecular flexibility index (Phi) is 6.16. The third-order valence-electron chi connectivity index (χ3n) is 5.00. The highest BCUT2D eigenvalue weighted by atomic mass is 32.2. The molecule has 2 heterocycles. The molecule has 3 aromatic rings. The van der Waals surface area contributed by atoms with Crippen LogP contribution in [0.4, 0.5) is 9.39 Å². The van der Waals surface area contributed by atoms with Crippen molar-refractivity contribution in [2.24, 2.45) is 0 Å². The number of anilines is 1. The molecule has 1 aliphatic rings. The Bertz CT molecular complexity index is 1110. The van der Waals surface area contributed by atoms with E-state index in [-0.39, 0.29) is 17.5 Å². The number of carbonyl (C=O) groups excluding carboxylic acids is 1. The summed E-state index contributed by atoms with van der Waals surface area (Å²) in [6.45, 7) is 2.59. The monoisotopic (exact) mass is 441 g/mol. The summed E-state index contributed by atoms with van der Waals surface area (Å²) in [4.78, 5) is 13.8. The van der Waals surface area contributed by atoms with Crippen LogP contribution in [-0.4, -0.2) is 26.4 Å². The van der Waals surface area contributed by atoms with E-state index in [0.29, 0.717) is 28.1 Å². The van der Waals surface area contributed by atoms with Crippen LogP contribution < -0.4 is 5.32 Å². The van der Waals surface area contributed by atoms with Crippen molar-refractivity contribution in [2.45, 2.75) is 44.3 Å². The molecule has 0 aliphatic heterocycles. The average Bonchev–Trinajstić information content (AvgIpc) is 3.33. The lowest BCUT2D eigenvalue weighted by Gasteiger charge is -2.09. The molecule has 1 aliphatic carbocycles. The van der Waals surface area contributed by atoms with Gasteiger partial charge in [-0.15, -0.1) is 21.5 Å². The maximum atomic E-state index is 13.2. The number of hydrogen-bond donors (Lipinski definition) is 1. The van der Waals surface area contributed by atoms with Gasteiger partial charge in [-0.25, -0.2) is 4.39 Å². The number of halogens is 1. The van der Waals surface area contributed by atoms with Crippen LogP contribution in [0.1, 0.15) is 35.8 Å². The first-order chi connectivity index (χ1) is 14.6. The first-order valence-electron chi connectivity index (χ1n) is 9.77. The standard InChI is InChI=1S/C21H20FN5OS2/c1-2-27-19(13-7-9-14(22)10-8-13)25-26-21(27)29-12-18(28)24-20-16(11-23)15-5-3-4-6-17(15)30-20/h7-10H,2-6,12H2,1H3,(H,24,28). The Morgan fingerprint density at radius 2 is 2.07 bits per heavy atom. The minimum Gasteiger partial charge on any atom is -0.316 e. The van der Waals surface area contributed by atoms with Crippen LogP contribution in [0.25, 0.3) is 11.4 Å². The third-order valence-corrected chi connectivity index (χ3v) is 7.18. The van der Waals surface area contributed by atoms with Crippen LogP contribution in [0.15, 0.2) is 29.4 Å². The number of aryl methyl sites for hydroxylation is 1. The normalized spacial score (nSPS) is 13.0. The van der Waals surface area contributed by atoms with Gasteiger partial charge in [-0.05, 0) is 62.4 Å². The van der Waals surface area contributed by atoms with Crippen LogP contribution in [0.2, 0.25) is 0 Å². The van der Waals surface area contributed by atoms with Gasteiger partial charge in [-0.2, -0.15) is 5.26 Å². The van der Waals surface area contributed by atoms with E-state index < -0.39 is 0 Å². The number of benzene rings is 1. The van der Waals surface area contributed by atoms with E-state index in [1.165, 1.54) is 40.1 Å². The fourth-order valence-electron chi connectivity index (χ4n) is 3.56. The minimum atomic E-state index is -0.306. The summed E-state index contributed by atoms with van der Waals surface area (Å²) in [5, 5.41) is 22.1. The molecule has 154 valence electrons. The molecule has 0 spiro atoms. The molecule has 0 fully saturated rings. The summed E-state index contributed by atoms with van der Waals surface area (Å²) < 4.78 is 15.1. The van der Waals surface area contributed by atoms with E-state index in [1.807, 2.05) is 11.5 Å². The molecule has 30 heavy (non-hydrogen) atoms. The molecular weight excluding hydrogens is 421 g/mol. The predicted molar refractivity (Wildman–Crippen MR) is 116 cm³/mol. The quantitative estimate of drug-likeness (QED) is 0.563. The second-order valence-corrected chi connectivity index (χ2v) is 8.97.